The van der Waals surface area contributed by atoms with Gasteiger partial charge in [0, 0.05) is 52.0 Å². The molecular weight excluding hydrogens is 204 g/mol. The predicted molar refractivity (Wildman–Crippen MR) is 62.1 cm³/mol. The second-order valence-corrected chi connectivity index (χ2v) is 4.23. The van der Waals surface area contributed by atoms with Gasteiger partial charge < -0.3 is 15.0 Å². The molecule has 0 amide bonds. The monoisotopic (exact) mass is 224 g/mol. The lowest BCUT2D eigenvalue weighted by Gasteiger charge is -2.32. The number of rotatable bonds is 4. The first-order valence-corrected chi connectivity index (χ1v) is 5.80. The Hall–Kier alpha value is -0.910. The van der Waals surface area contributed by atoms with Gasteiger partial charge in [0.1, 0.15) is 5.82 Å². The van der Waals surface area contributed by atoms with Crippen LogP contribution in [-0.2, 0) is 18.2 Å². The van der Waals surface area contributed by atoms with Gasteiger partial charge in [-0.3, -0.25) is 4.90 Å². The molecular formula is C11H20N4O. The van der Waals surface area contributed by atoms with Crippen LogP contribution in [0.15, 0.2) is 12.4 Å². The molecule has 0 radical (unpaired) electrons. The molecule has 2 rings (SSSR count). The normalized spacial score (nSPS) is 22.5. The van der Waals surface area contributed by atoms with Gasteiger partial charge in [-0.25, -0.2) is 4.98 Å². The van der Waals surface area contributed by atoms with Crippen LogP contribution in [0.4, 0.5) is 0 Å². The fourth-order valence-electron chi connectivity index (χ4n) is 2.02. The van der Waals surface area contributed by atoms with Crippen LogP contribution in [0.2, 0.25) is 0 Å². The number of aryl methyl sites for hydroxylation is 1. The molecule has 1 aromatic heterocycles. The summed E-state index contributed by atoms with van der Waals surface area (Å²) in [7, 11) is 2.03. The molecule has 1 aromatic rings. The van der Waals surface area contributed by atoms with E-state index in [1.807, 2.05) is 19.4 Å². The number of hydrogen-bond donors (Lipinski definition) is 1. The van der Waals surface area contributed by atoms with Crippen molar-refractivity contribution in [3.63, 3.8) is 0 Å². The first-order chi connectivity index (χ1) is 7.79. The Morgan fingerprint density at radius 2 is 2.50 bits per heavy atom. The summed E-state index contributed by atoms with van der Waals surface area (Å²) in [5.41, 5.74) is 5.61. The Labute approximate surface area is 96.2 Å². The molecule has 16 heavy (non-hydrogen) atoms. The lowest BCUT2D eigenvalue weighted by molar-refractivity contribution is -0.0228. The van der Waals surface area contributed by atoms with Crippen molar-refractivity contribution >= 4 is 0 Å². The second-order valence-electron chi connectivity index (χ2n) is 4.23. The highest BCUT2D eigenvalue weighted by Gasteiger charge is 2.18. The topological polar surface area (TPSA) is 56.3 Å². The van der Waals surface area contributed by atoms with Gasteiger partial charge in [0.05, 0.1) is 12.7 Å². The van der Waals surface area contributed by atoms with E-state index in [4.69, 9.17) is 10.5 Å². The maximum Gasteiger partial charge on any atom is 0.109 e. The van der Waals surface area contributed by atoms with Crippen LogP contribution in [0.3, 0.4) is 0 Å². The first kappa shape index (κ1) is 11.6. The summed E-state index contributed by atoms with van der Waals surface area (Å²) in [4.78, 5) is 6.72. The summed E-state index contributed by atoms with van der Waals surface area (Å²) < 4.78 is 7.60. The molecule has 2 heterocycles. The van der Waals surface area contributed by atoms with Crippen LogP contribution in [0.5, 0.6) is 0 Å². The maximum absolute atomic E-state index is 5.61. The van der Waals surface area contributed by atoms with Crippen molar-refractivity contribution in [3.05, 3.63) is 18.2 Å². The number of nitrogens with two attached hydrogens (primary N) is 1. The zero-order valence-corrected chi connectivity index (χ0v) is 9.80. The van der Waals surface area contributed by atoms with Gasteiger partial charge in [-0.1, -0.05) is 0 Å². The van der Waals surface area contributed by atoms with Crippen molar-refractivity contribution in [2.45, 2.75) is 12.5 Å². The lowest BCUT2D eigenvalue weighted by atomic mass is 10.2. The highest BCUT2D eigenvalue weighted by atomic mass is 16.5. The molecule has 0 bridgehead atoms. The highest BCUT2D eigenvalue weighted by molar-refractivity contribution is 4.92. The summed E-state index contributed by atoms with van der Waals surface area (Å²) >= 11 is 0. The molecule has 1 aliphatic rings. The Morgan fingerprint density at radius 1 is 1.62 bits per heavy atom. The van der Waals surface area contributed by atoms with Crippen LogP contribution >= 0.6 is 0 Å². The molecule has 2 N–H and O–H groups in total. The summed E-state index contributed by atoms with van der Waals surface area (Å²) in [6.45, 7) is 4.38. The Balaban J connectivity index is 1.79. The van der Waals surface area contributed by atoms with E-state index in [9.17, 15) is 0 Å². The molecule has 5 nitrogen and oxygen atoms in total. The Bertz CT molecular complexity index is 326. The van der Waals surface area contributed by atoms with Gasteiger partial charge >= 0.3 is 0 Å². The first-order valence-electron chi connectivity index (χ1n) is 5.80. The maximum atomic E-state index is 5.61. The molecule has 0 aromatic carbocycles. The van der Waals surface area contributed by atoms with E-state index in [1.54, 1.807) is 0 Å². The summed E-state index contributed by atoms with van der Waals surface area (Å²) in [6.07, 6.45) is 5.02. The number of nitrogens with zero attached hydrogens (tertiary/aromatic N) is 3. The second kappa shape index (κ2) is 5.43. The Kier molecular flexibility index (Phi) is 3.93. The van der Waals surface area contributed by atoms with Crippen LogP contribution in [0.25, 0.3) is 0 Å². The van der Waals surface area contributed by atoms with Crippen molar-refractivity contribution in [2.24, 2.45) is 12.8 Å². The van der Waals surface area contributed by atoms with E-state index in [0.717, 1.165) is 38.5 Å². The van der Waals surface area contributed by atoms with Crippen molar-refractivity contribution in [1.29, 1.82) is 0 Å². The smallest absolute Gasteiger partial charge is 0.109 e. The number of hydrogen-bond acceptors (Lipinski definition) is 4. The van der Waals surface area contributed by atoms with Crippen molar-refractivity contribution in [3.8, 4) is 0 Å². The summed E-state index contributed by atoms with van der Waals surface area (Å²) in [6, 6.07) is 0. The average Bonchev–Trinajstić information content (AvgIpc) is 2.72. The summed E-state index contributed by atoms with van der Waals surface area (Å²) in [5.74, 6) is 1.13. The SMILES string of the molecule is Cn1ccnc1CCN1CCOC(CN)C1. The Morgan fingerprint density at radius 3 is 3.19 bits per heavy atom. The molecule has 1 aliphatic heterocycles. The molecule has 1 atom stereocenters. The van der Waals surface area contributed by atoms with E-state index in [0.29, 0.717) is 6.54 Å². The van der Waals surface area contributed by atoms with Crippen LogP contribution in [0.1, 0.15) is 5.82 Å². The molecule has 0 saturated carbocycles. The molecule has 1 saturated heterocycles. The number of imidazole rings is 1. The van der Waals surface area contributed by atoms with E-state index in [-0.39, 0.29) is 6.10 Å². The summed E-state index contributed by atoms with van der Waals surface area (Å²) in [5, 5.41) is 0. The third kappa shape index (κ3) is 2.81. The molecule has 0 aliphatic carbocycles. The van der Waals surface area contributed by atoms with Gasteiger partial charge in [-0.2, -0.15) is 0 Å². The van der Waals surface area contributed by atoms with Crippen LogP contribution in [0, 0.1) is 0 Å². The van der Waals surface area contributed by atoms with E-state index >= 15 is 0 Å². The van der Waals surface area contributed by atoms with Gasteiger partial charge in [0.15, 0.2) is 0 Å². The van der Waals surface area contributed by atoms with Gasteiger partial charge in [-0.05, 0) is 0 Å². The number of ether oxygens (including phenoxy) is 1. The minimum absolute atomic E-state index is 0.204. The molecule has 1 unspecified atom stereocenters. The average molecular weight is 224 g/mol. The number of aromatic nitrogens is 2. The molecule has 0 spiro atoms. The quantitative estimate of drug-likeness (QED) is 0.757. The van der Waals surface area contributed by atoms with Crippen LogP contribution < -0.4 is 5.73 Å². The van der Waals surface area contributed by atoms with Crippen molar-refractivity contribution in [2.75, 3.05) is 32.8 Å². The third-order valence-electron chi connectivity index (χ3n) is 3.06. The van der Waals surface area contributed by atoms with Crippen molar-refractivity contribution < 1.29 is 4.74 Å². The fourth-order valence-corrected chi connectivity index (χ4v) is 2.02. The van der Waals surface area contributed by atoms with Crippen LogP contribution in [-0.4, -0.2) is 53.3 Å². The molecule has 1 fully saturated rings. The fraction of sp³-hybridized carbons (Fsp3) is 0.727. The van der Waals surface area contributed by atoms with E-state index in [1.165, 1.54) is 0 Å². The largest absolute Gasteiger partial charge is 0.374 e. The zero-order valence-electron chi connectivity index (χ0n) is 9.80. The van der Waals surface area contributed by atoms with Crippen molar-refractivity contribution in [1.82, 2.24) is 14.5 Å². The molecule has 5 heteroatoms. The lowest BCUT2D eigenvalue weighted by Crippen LogP contribution is -2.46. The van der Waals surface area contributed by atoms with Gasteiger partial charge in [0.25, 0.3) is 0 Å². The number of morpholine rings is 1. The highest BCUT2D eigenvalue weighted by Crippen LogP contribution is 2.05. The standard InChI is InChI=1S/C11H20N4O/c1-14-5-3-13-11(14)2-4-15-6-7-16-10(8-12)9-15/h3,5,10H,2,4,6-9,12H2,1H3. The van der Waals surface area contributed by atoms with E-state index < -0.39 is 0 Å². The molecule has 90 valence electrons. The van der Waals surface area contributed by atoms with Gasteiger partial charge in [-0.15, -0.1) is 0 Å². The minimum Gasteiger partial charge on any atom is -0.374 e. The predicted octanol–water partition coefficient (Wildman–Crippen LogP) is -0.378. The third-order valence-corrected chi connectivity index (χ3v) is 3.06. The zero-order chi connectivity index (χ0) is 11.4. The van der Waals surface area contributed by atoms with Gasteiger partial charge in [0.2, 0.25) is 0 Å². The van der Waals surface area contributed by atoms with E-state index in [2.05, 4.69) is 14.5 Å². The minimum atomic E-state index is 0.204.